The van der Waals surface area contributed by atoms with Crippen molar-refractivity contribution in [1.29, 1.82) is 0 Å². The lowest BCUT2D eigenvalue weighted by atomic mass is 10.2. The van der Waals surface area contributed by atoms with Gasteiger partial charge in [-0.15, -0.1) is 0 Å². The molecule has 3 aromatic rings. The quantitative estimate of drug-likeness (QED) is 0.386. The largest absolute Gasteiger partial charge is 0.496 e. The van der Waals surface area contributed by atoms with Crippen LogP contribution in [0.5, 0.6) is 11.8 Å². The molecule has 0 bridgehead atoms. The van der Waals surface area contributed by atoms with E-state index in [1.54, 1.807) is 31.7 Å². The summed E-state index contributed by atoms with van der Waals surface area (Å²) in [6, 6.07) is 7.54. The predicted molar refractivity (Wildman–Crippen MR) is 119 cm³/mol. The van der Waals surface area contributed by atoms with Crippen LogP contribution in [0.1, 0.15) is 25.3 Å². The Morgan fingerprint density at radius 1 is 1.22 bits per heavy atom. The van der Waals surface area contributed by atoms with Crippen LogP contribution in [0, 0.1) is 0 Å². The Kier molecular flexibility index (Phi) is 7.08. The molecular weight excluding hydrogens is 416 g/mol. The second-order valence-corrected chi connectivity index (χ2v) is 7.00. The summed E-state index contributed by atoms with van der Waals surface area (Å²) in [5.41, 5.74) is 2.79. The zero-order chi connectivity index (χ0) is 23.3. The molecule has 0 saturated carbocycles. The maximum absolute atomic E-state index is 12.7. The van der Waals surface area contributed by atoms with Crippen LogP contribution in [0.2, 0.25) is 0 Å². The lowest BCUT2D eigenvalue weighted by Crippen LogP contribution is -2.37. The number of benzene rings is 1. The van der Waals surface area contributed by atoms with Gasteiger partial charge in [-0.1, -0.05) is 12.1 Å². The van der Waals surface area contributed by atoms with Crippen LogP contribution in [-0.4, -0.2) is 44.5 Å². The van der Waals surface area contributed by atoms with Crippen LogP contribution < -0.4 is 26.1 Å². The first-order valence-corrected chi connectivity index (χ1v) is 10.1. The van der Waals surface area contributed by atoms with Gasteiger partial charge in [0.1, 0.15) is 5.75 Å². The molecule has 2 aromatic heterocycles. The summed E-state index contributed by atoms with van der Waals surface area (Å²) >= 11 is 0. The van der Waals surface area contributed by atoms with Gasteiger partial charge in [0.25, 0.3) is 11.6 Å². The van der Waals surface area contributed by atoms with Crippen LogP contribution >= 0.6 is 0 Å². The van der Waals surface area contributed by atoms with Crippen LogP contribution in [0.15, 0.2) is 39.0 Å². The Bertz CT molecular complexity index is 1270. The molecule has 11 heteroatoms. The number of para-hydroxylation sites is 1. The zero-order valence-electron chi connectivity index (χ0n) is 18.5. The number of fused-ring (bicyclic) bond motifs is 1. The van der Waals surface area contributed by atoms with Crippen molar-refractivity contribution in [3.8, 4) is 11.8 Å². The van der Waals surface area contributed by atoms with E-state index >= 15 is 0 Å². The highest BCUT2D eigenvalue weighted by Gasteiger charge is 2.19. The molecular formula is C21H26N6O5. The van der Waals surface area contributed by atoms with Crippen molar-refractivity contribution in [1.82, 2.24) is 24.1 Å². The topological polar surface area (TPSA) is 122 Å². The highest BCUT2D eigenvalue weighted by atomic mass is 16.5. The summed E-state index contributed by atoms with van der Waals surface area (Å²) in [7, 11) is 4.52. The number of carbonyl (C=O) groups is 1. The molecule has 0 radical (unpaired) electrons. The second kappa shape index (κ2) is 9.94. The highest BCUT2D eigenvalue weighted by molar-refractivity contribution is 5.85. The number of nitrogens with zero attached hydrogens (tertiary/aromatic N) is 5. The molecule has 0 fully saturated rings. The molecule has 0 aliphatic rings. The summed E-state index contributed by atoms with van der Waals surface area (Å²) in [4.78, 5) is 41.4. The fourth-order valence-electron chi connectivity index (χ4n) is 3.27. The van der Waals surface area contributed by atoms with Gasteiger partial charge in [-0.3, -0.25) is 23.3 Å². The minimum atomic E-state index is -0.470. The number of hydrazone groups is 1. The number of aryl methyl sites for hydroxylation is 2. The van der Waals surface area contributed by atoms with E-state index in [2.05, 4.69) is 15.5 Å². The van der Waals surface area contributed by atoms with Crippen molar-refractivity contribution in [3.63, 3.8) is 0 Å². The smallest absolute Gasteiger partial charge is 0.332 e. The van der Waals surface area contributed by atoms with E-state index in [0.717, 1.165) is 10.1 Å². The average Bonchev–Trinajstić information content (AvgIpc) is 3.15. The molecule has 0 saturated heterocycles. The molecule has 0 spiro atoms. The molecule has 0 aliphatic carbocycles. The third-order valence-corrected chi connectivity index (χ3v) is 4.90. The number of methoxy groups -OCH3 is 1. The normalized spacial score (nSPS) is 11.2. The Morgan fingerprint density at radius 3 is 2.69 bits per heavy atom. The predicted octanol–water partition coefficient (Wildman–Crippen LogP) is 0.772. The van der Waals surface area contributed by atoms with Gasteiger partial charge in [0.15, 0.2) is 11.2 Å². The van der Waals surface area contributed by atoms with E-state index < -0.39 is 11.2 Å². The van der Waals surface area contributed by atoms with Crippen LogP contribution in [0.25, 0.3) is 11.2 Å². The van der Waals surface area contributed by atoms with Gasteiger partial charge in [-0.25, -0.2) is 10.2 Å². The van der Waals surface area contributed by atoms with Crippen LogP contribution in [0.3, 0.4) is 0 Å². The first kappa shape index (κ1) is 22.8. The maximum Gasteiger partial charge on any atom is 0.332 e. The molecule has 1 aromatic carbocycles. The van der Waals surface area contributed by atoms with Gasteiger partial charge in [-0.2, -0.15) is 10.1 Å². The number of carbonyl (C=O) groups excluding carboxylic acids is 1. The number of nitrogens with one attached hydrogen (secondary N) is 1. The highest BCUT2D eigenvalue weighted by Crippen LogP contribution is 2.19. The lowest BCUT2D eigenvalue weighted by Gasteiger charge is -2.09. The van der Waals surface area contributed by atoms with Gasteiger partial charge < -0.3 is 9.47 Å². The first-order valence-electron chi connectivity index (χ1n) is 10.1. The van der Waals surface area contributed by atoms with Gasteiger partial charge in [0.2, 0.25) is 5.91 Å². The molecule has 1 N–H and O–H groups in total. The van der Waals surface area contributed by atoms with Gasteiger partial charge in [-0.05, 0) is 25.5 Å². The first-order chi connectivity index (χ1) is 15.4. The van der Waals surface area contributed by atoms with E-state index in [9.17, 15) is 14.4 Å². The molecule has 0 aliphatic heterocycles. The van der Waals surface area contributed by atoms with Crippen molar-refractivity contribution >= 4 is 23.3 Å². The summed E-state index contributed by atoms with van der Waals surface area (Å²) in [5.74, 6) is 0.371. The van der Waals surface area contributed by atoms with Crippen molar-refractivity contribution in [3.05, 3.63) is 50.7 Å². The molecule has 1 amide bonds. The number of rotatable bonds is 9. The van der Waals surface area contributed by atoms with Gasteiger partial charge in [0.05, 0.1) is 19.9 Å². The number of amides is 1. The maximum atomic E-state index is 12.7. The van der Waals surface area contributed by atoms with Crippen molar-refractivity contribution < 1.29 is 14.3 Å². The molecule has 11 nitrogen and oxygen atoms in total. The summed E-state index contributed by atoms with van der Waals surface area (Å²) < 4.78 is 14.7. The van der Waals surface area contributed by atoms with Crippen LogP contribution in [0.4, 0.5) is 0 Å². The number of imidazole rings is 1. The Labute approximate surface area is 183 Å². The Hall–Kier alpha value is -3.89. The Morgan fingerprint density at radius 2 is 1.97 bits per heavy atom. The molecule has 2 heterocycles. The fourth-order valence-corrected chi connectivity index (χ4v) is 3.27. The van der Waals surface area contributed by atoms with Gasteiger partial charge in [0, 0.05) is 32.6 Å². The number of aromatic nitrogens is 4. The molecule has 32 heavy (non-hydrogen) atoms. The fraction of sp³-hybridized carbons (Fsp3) is 0.381. The molecule has 0 atom stereocenters. The van der Waals surface area contributed by atoms with Crippen molar-refractivity contribution in [2.24, 2.45) is 19.2 Å². The van der Waals surface area contributed by atoms with Crippen LogP contribution in [-0.2, 0) is 25.4 Å². The average molecular weight is 442 g/mol. The third-order valence-electron chi connectivity index (χ3n) is 4.90. The van der Waals surface area contributed by atoms with Crippen molar-refractivity contribution in [2.75, 3.05) is 13.7 Å². The molecule has 170 valence electrons. The van der Waals surface area contributed by atoms with E-state index in [0.29, 0.717) is 25.3 Å². The van der Waals surface area contributed by atoms with E-state index in [-0.39, 0.29) is 29.5 Å². The SMILES string of the molecule is CCOc1nc2c(c(=O)n(C)c(=O)n2C)n1CCCC(=O)N/N=C/c1ccccc1OC. The number of hydrogen-bond donors (Lipinski definition) is 1. The molecule has 3 rings (SSSR count). The standard InChI is InChI=1S/C21H26N6O5/c1-5-32-20-23-18-17(19(29)26(3)21(30)25(18)2)27(20)12-8-11-16(28)24-22-13-14-9-6-7-10-15(14)31-4/h6-7,9-10,13H,5,8,11-12H2,1-4H3,(H,24,28)/b22-13+. The Balaban J connectivity index is 1.71. The summed E-state index contributed by atoms with van der Waals surface area (Å²) in [5, 5.41) is 3.97. The van der Waals surface area contributed by atoms with E-state index in [4.69, 9.17) is 9.47 Å². The monoisotopic (exact) mass is 442 g/mol. The van der Waals surface area contributed by atoms with E-state index in [1.165, 1.54) is 17.8 Å². The van der Waals surface area contributed by atoms with Crippen molar-refractivity contribution in [2.45, 2.75) is 26.3 Å². The number of hydrogen-bond acceptors (Lipinski definition) is 7. The lowest BCUT2D eigenvalue weighted by molar-refractivity contribution is -0.121. The zero-order valence-corrected chi connectivity index (χ0v) is 18.5. The minimum Gasteiger partial charge on any atom is -0.496 e. The summed E-state index contributed by atoms with van der Waals surface area (Å²) in [6.45, 7) is 2.45. The van der Waals surface area contributed by atoms with E-state index in [1.807, 2.05) is 18.2 Å². The third kappa shape index (κ3) is 4.56. The molecule has 0 unspecified atom stereocenters. The number of ether oxygens (including phenoxy) is 2. The minimum absolute atomic E-state index is 0.167. The van der Waals surface area contributed by atoms with Gasteiger partial charge >= 0.3 is 5.69 Å². The second-order valence-electron chi connectivity index (χ2n) is 7.00. The summed E-state index contributed by atoms with van der Waals surface area (Å²) in [6.07, 6.45) is 2.09.